The summed E-state index contributed by atoms with van der Waals surface area (Å²) >= 11 is 1.91. The Labute approximate surface area is 246 Å². The van der Waals surface area contributed by atoms with Gasteiger partial charge in [0.2, 0.25) is 0 Å². The minimum atomic E-state index is -1.73. The molecule has 3 aromatic carbocycles. The number of nitrogens with zero attached hydrogens (tertiary/aromatic N) is 2. The first kappa shape index (κ1) is 28.9. The van der Waals surface area contributed by atoms with Crippen molar-refractivity contribution in [3.05, 3.63) is 66.0 Å². The maximum atomic E-state index is 4.91. The van der Waals surface area contributed by atoms with Gasteiger partial charge in [0.15, 0.2) is 0 Å². The van der Waals surface area contributed by atoms with Crippen LogP contribution in [0.15, 0.2) is 54.9 Å². The van der Waals surface area contributed by atoms with Gasteiger partial charge in [-0.25, -0.2) is 9.97 Å². The Kier molecular flexibility index (Phi) is 8.23. The lowest BCUT2D eigenvalue weighted by molar-refractivity contribution is 0.649. The lowest BCUT2D eigenvalue weighted by Crippen LogP contribution is -2.51. The van der Waals surface area contributed by atoms with E-state index < -0.39 is 8.07 Å². The Morgan fingerprint density at radius 1 is 0.725 bits per heavy atom. The lowest BCUT2D eigenvalue weighted by Gasteiger charge is -2.38. The van der Waals surface area contributed by atoms with Crippen LogP contribution < -0.4 is 5.19 Å². The molecule has 0 saturated heterocycles. The van der Waals surface area contributed by atoms with E-state index in [0.717, 1.165) is 11.2 Å². The van der Waals surface area contributed by atoms with Crippen LogP contribution in [0.2, 0.25) is 18.1 Å². The highest BCUT2D eigenvalue weighted by atomic mass is 32.1. The van der Waals surface area contributed by atoms with Crippen LogP contribution >= 0.6 is 11.3 Å². The van der Waals surface area contributed by atoms with Gasteiger partial charge in [0.05, 0.1) is 24.0 Å². The molecule has 0 fully saturated rings. The van der Waals surface area contributed by atoms with E-state index in [-0.39, 0.29) is 0 Å². The SMILES string of the molecule is Cc1c([Si](CC(C)C)(CC(C)C)CC(C)C)ccc2c1sc1c(-c3cc(C(C)C)c4ccccc4c3)ncnc12. The predicted octanol–water partition coefficient (Wildman–Crippen LogP) is 10.7. The summed E-state index contributed by atoms with van der Waals surface area (Å²) in [6.45, 7) is 21.5. The number of aromatic nitrogens is 2. The molecular formula is C36H46N2SSi. The molecule has 210 valence electrons. The lowest BCUT2D eigenvalue weighted by atomic mass is 9.92. The fraction of sp³-hybridized carbons (Fsp3) is 0.444. The third kappa shape index (κ3) is 5.37. The van der Waals surface area contributed by atoms with Crippen LogP contribution in [0.3, 0.4) is 0 Å². The number of benzene rings is 3. The highest BCUT2D eigenvalue weighted by molar-refractivity contribution is 7.26. The van der Waals surface area contributed by atoms with Gasteiger partial charge in [-0.15, -0.1) is 11.3 Å². The van der Waals surface area contributed by atoms with Crippen molar-refractivity contribution in [2.45, 2.75) is 86.4 Å². The molecule has 5 rings (SSSR count). The molecule has 40 heavy (non-hydrogen) atoms. The molecular weight excluding hydrogens is 521 g/mol. The topological polar surface area (TPSA) is 25.8 Å². The van der Waals surface area contributed by atoms with Gasteiger partial charge in [0.1, 0.15) is 6.33 Å². The monoisotopic (exact) mass is 566 g/mol. The quantitative estimate of drug-likeness (QED) is 0.166. The summed E-state index contributed by atoms with van der Waals surface area (Å²) in [5, 5.41) is 5.59. The van der Waals surface area contributed by atoms with Crippen LogP contribution in [0.1, 0.15) is 72.4 Å². The van der Waals surface area contributed by atoms with Gasteiger partial charge in [-0.2, -0.15) is 0 Å². The number of rotatable bonds is 9. The molecule has 0 aliphatic heterocycles. The number of thiophene rings is 1. The van der Waals surface area contributed by atoms with Crippen LogP contribution in [-0.4, -0.2) is 18.0 Å². The van der Waals surface area contributed by atoms with Crippen LogP contribution in [0, 0.1) is 24.7 Å². The molecule has 2 heterocycles. The zero-order valence-electron chi connectivity index (χ0n) is 25.9. The van der Waals surface area contributed by atoms with Gasteiger partial charge in [-0.05, 0) is 64.6 Å². The van der Waals surface area contributed by atoms with Gasteiger partial charge in [0, 0.05) is 15.6 Å². The van der Waals surface area contributed by atoms with Gasteiger partial charge < -0.3 is 0 Å². The summed E-state index contributed by atoms with van der Waals surface area (Å²) in [4.78, 5) is 9.77. The Morgan fingerprint density at radius 3 is 2.00 bits per heavy atom. The molecule has 0 aliphatic carbocycles. The number of fused-ring (bicyclic) bond motifs is 4. The Balaban J connectivity index is 1.75. The second-order valence-electron chi connectivity index (χ2n) is 13.6. The zero-order valence-corrected chi connectivity index (χ0v) is 27.7. The minimum absolute atomic E-state index is 0.440. The maximum absolute atomic E-state index is 4.91. The molecule has 0 aliphatic rings. The smallest absolute Gasteiger partial charge is 0.116 e. The first-order valence-corrected chi connectivity index (χ1v) is 18.6. The summed E-state index contributed by atoms with van der Waals surface area (Å²) in [5.41, 5.74) is 6.24. The molecule has 5 aromatic rings. The largest absolute Gasteiger partial charge is 0.235 e. The van der Waals surface area contributed by atoms with E-state index in [1.807, 2.05) is 11.3 Å². The predicted molar refractivity (Wildman–Crippen MR) is 181 cm³/mol. The molecule has 0 saturated carbocycles. The van der Waals surface area contributed by atoms with Gasteiger partial charge in [-0.1, -0.05) is 115 Å². The molecule has 0 N–H and O–H groups in total. The van der Waals surface area contributed by atoms with Crippen molar-refractivity contribution in [3.8, 4) is 11.3 Å². The molecule has 0 unspecified atom stereocenters. The molecule has 0 spiro atoms. The molecule has 2 nitrogen and oxygen atoms in total. The van der Waals surface area contributed by atoms with Crippen molar-refractivity contribution in [2.75, 3.05) is 0 Å². The van der Waals surface area contributed by atoms with E-state index in [9.17, 15) is 0 Å². The van der Waals surface area contributed by atoms with Gasteiger partial charge in [0.25, 0.3) is 0 Å². The van der Waals surface area contributed by atoms with Crippen LogP contribution in [0.4, 0.5) is 0 Å². The van der Waals surface area contributed by atoms with E-state index in [0.29, 0.717) is 23.7 Å². The molecule has 0 atom stereocenters. The van der Waals surface area contributed by atoms with E-state index in [4.69, 9.17) is 9.97 Å². The van der Waals surface area contributed by atoms with Crippen molar-refractivity contribution in [2.24, 2.45) is 17.8 Å². The van der Waals surface area contributed by atoms with Crippen molar-refractivity contribution in [1.29, 1.82) is 0 Å². The summed E-state index contributed by atoms with van der Waals surface area (Å²) in [6.07, 6.45) is 1.77. The highest BCUT2D eigenvalue weighted by Crippen LogP contribution is 2.42. The average Bonchev–Trinajstić information content (AvgIpc) is 3.26. The highest BCUT2D eigenvalue weighted by Gasteiger charge is 2.38. The van der Waals surface area contributed by atoms with E-state index in [1.54, 1.807) is 11.5 Å². The third-order valence-electron chi connectivity index (χ3n) is 8.43. The maximum Gasteiger partial charge on any atom is 0.116 e. The van der Waals surface area contributed by atoms with Crippen LogP contribution in [0.25, 0.3) is 42.3 Å². The summed E-state index contributed by atoms with van der Waals surface area (Å²) in [7, 11) is -1.73. The second-order valence-corrected chi connectivity index (χ2v) is 19.0. The normalized spacial score (nSPS) is 12.8. The van der Waals surface area contributed by atoms with E-state index in [1.165, 1.54) is 60.4 Å². The number of hydrogen-bond donors (Lipinski definition) is 0. The zero-order chi connectivity index (χ0) is 28.8. The average molecular weight is 567 g/mol. The van der Waals surface area contributed by atoms with Crippen molar-refractivity contribution >= 4 is 55.7 Å². The van der Waals surface area contributed by atoms with Crippen LogP contribution in [0.5, 0.6) is 0 Å². The van der Waals surface area contributed by atoms with Crippen molar-refractivity contribution < 1.29 is 0 Å². The first-order valence-electron chi connectivity index (χ1n) is 15.2. The van der Waals surface area contributed by atoms with Crippen molar-refractivity contribution in [3.63, 3.8) is 0 Å². The van der Waals surface area contributed by atoms with Crippen molar-refractivity contribution in [1.82, 2.24) is 9.97 Å². The van der Waals surface area contributed by atoms with Crippen LogP contribution in [-0.2, 0) is 0 Å². The summed E-state index contributed by atoms with van der Waals surface area (Å²) in [6, 6.07) is 22.4. The molecule has 0 radical (unpaired) electrons. The summed E-state index contributed by atoms with van der Waals surface area (Å²) < 4.78 is 2.62. The van der Waals surface area contributed by atoms with Gasteiger partial charge in [-0.3, -0.25) is 0 Å². The minimum Gasteiger partial charge on any atom is -0.235 e. The molecule has 0 bridgehead atoms. The summed E-state index contributed by atoms with van der Waals surface area (Å²) in [5.74, 6) is 2.57. The van der Waals surface area contributed by atoms with Gasteiger partial charge >= 0.3 is 0 Å². The first-order chi connectivity index (χ1) is 19.0. The molecule has 0 amide bonds. The molecule has 2 aromatic heterocycles. The molecule has 4 heteroatoms. The second kappa shape index (κ2) is 11.4. The third-order valence-corrected chi connectivity index (χ3v) is 16.2. The number of aryl methyl sites for hydroxylation is 1. The Morgan fingerprint density at radius 2 is 1.38 bits per heavy atom. The Hall–Kier alpha value is -2.56. The fourth-order valence-electron chi connectivity index (χ4n) is 7.43. The van der Waals surface area contributed by atoms with E-state index in [2.05, 4.69) is 111 Å². The number of hydrogen-bond acceptors (Lipinski definition) is 3. The fourth-order valence-corrected chi connectivity index (χ4v) is 16.0. The van der Waals surface area contributed by atoms with E-state index >= 15 is 0 Å². The Bertz CT molecular complexity index is 1630. The standard InChI is InChI=1S/C36H46N2SSi/c1-22(2)18-40(19-23(3)4,20-24(5)6)32-15-14-30-34-36(39-35(30)26(32)9)33(37-21-38-34)28-16-27-12-10-11-13-29(27)31(17-28)25(7)8/h10-17,21-25H,18-20H2,1-9H3.